The molecule has 1 aromatic heterocycles. The van der Waals surface area contributed by atoms with Gasteiger partial charge in [-0.3, -0.25) is 0 Å². The Kier molecular flexibility index (Phi) is 5.52. The number of carboxylic acid groups (broad SMARTS) is 1. The molecule has 0 bridgehead atoms. The van der Waals surface area contributed by atoms with Gasteiger partial charge in [-0.1, -0.05) is 6.07 Å². The van der Waals surface area contributed by atoms with Crippen LogP contribution in [0.2, 0.25) is 0 Å². The highest BCUT2D eigenvalue weighted by atomic mass is 16.6. The van der Waals surface area contributed by atoms with E-state index in [1.807, 2.05) is 0 Å². The largest absolute Gasteiger partial charge is 0.477 e. The zero-order valence-corrected chi connectivity index (χ0v) is 12.5. The van der Waals surface area contributed by atoms with E-state index in [0.717, 1.165) is 0 Å². The fourth-order valence-corrected chi connectivity index (χ4v) is 1.38. The minimum Gasteiger partial charge on any atom is -0.477 e. The third-order valence-electron chi connectivity index (χ3n) is 2.19. The van der Waals surface area contributed by atoms with Gasteiger partial charge in [-0.2, -0.15) is 0 Å². The number of pyridine rings is 1. The summed E-state index contributed by atoms with van der Waals surface area (Å²) in [7, 11) is 0. The van der Waals surface area contributed by atoms with Gasteiger partial charge < -0.3 is 19.9 Å². The minimum atomic E-state index is -1.12. The van der Waals surface area contributed by atoms with Gasteiger partial charge in [0.1, 0.15) is 12.2 Å². The van der Waals surface area contributed by atoms with E-state index < -0.39 is 17.7 Å². The Labute approximate surface area is 123 Å². The molecule has 1 amide bonds. The van der Waals surface area contributed by atoms with Crippen LogP contribution in [0.5, 0.6) is 5.88 Å². The van der Waals surface area contributed by atoms with Gasteiger partial charge in [-0.25, -0.2) is 14.6 Å². The number of carbonyl (C=O) groups excluding carboxylic acids is 1. The van der Waals surface area contributed by atoms with Crippen LogP contribution in [-0.2, 0) is 4.74 Å². The highest BCUT2D eigenvalue weighted by Crippen LogP contribution is 2.09. The molecule has 7 nitrogen and oxygen atoms in total. The summed E-state index contributed by atoms with van der Waals surface area (Å²) >= 11 is 0. The first kappa shape index (κ1) is 16.7. The standard InChI is InChI=1S/C14H20N2O5/c1-9(15-13(19)21-14(2,3)4)8-20-11-7-5-6-10(16-11)12(17)18/h5-7,9H,8H2,1-4H3,(H,15,19)(H,17,18). The fraction of sp³-hybridized carbons (Fsp3) is 0.500. The maximum Gasteiger partial charge on any atom is 0.407 e. The number of alkyl carbamates (subject to hydrolysis) is 1. The first-order chi connectivity index (χ1) is 9.67. The number of carboxylic acids is 1. The summed E-state index contributed by atoms with van der Waals surface area (Å²) in [5, 5.41) is 11.4. The SMILES string of the molecule is CC(COc1cccc(C(=O)O)n1)NC(=O)OC(C)(C)C. The summed E-state index contributed by atoms with van der Waals surface area (Å²) in [6.07, 6.45) is -0.536. The second-order valence-electron chi connectivity index (χ2n) is 5.52. The Morgan fingerprint density at radius 1 is 1.38 bits per heavy atom. The summed E-state index contributed by atoms with van der Waals surface area (Å²) in [5.41, 5.74) is -0.664. The summed E-state index contributed by atoms with van der Waals surface area (Å²) in [4.78, 5) is 26.1. The molecule has 7 heteroatoms. The molecule has 0 fully saturated rings. The molecule has 2 N–H and O–H groups in total. The van der Waals surface area contributed by atoms with Crippen LogP contribution in [0.25, 0.3) is 0 Å². The summed E-state index contributed by atoms with van der Waals surface area (Å²) in [5.74, 6) is -0.937. The van der Waals surface area contributed by atoms with Gasteiger partial charge in [-0.05, 0) is 33.8 Å². The van der Waals surface area contributed by atoms with Gasteiger partial charge in [0.15, 0.2) is 5.69 Å². The first-order valence-electron chi connectivity index (χ1n) is 6.50. The summed E-state index contributed by atoms with van der Waals surface area (Å²) < 4.78 is 10.5. The number of hydrogen-bond donors (Lipinski definition) is 2. The number of rotatable bonds is 5. The van der Waals surface area contributed by atoms with Gasteiger partial charge in [0.2, 0.25) is 5.88 Å². The molecule has 1 atom stereocenters. The highest BCUT2D eigenvalue weighted by molar-refractivity contribution is 5.85. The van der Waals surface area contributed by atoms with E-state index in [-0.39, 0.29) is 24.2 Å². The van der Waals surface area contributed by atoms with Crippen molar-refractivity contribution < 1.29 is 24.2 Å². The van der Waals surface area contributed by atoms with Gasteiger partial charge in [0.05, 0.1) is 6.04 Å². The number of aromatic nitrogens is 1. The molecule has 116 valence electrons. The maximum absolute atomic E-state index is 11.5. The van der Waals surface area contributed by atoms with Crippen molar-refractivity contribution in [1.82, 2.24) is 10.3 Å². The Morgan fingerprint density at radius 3 is 2.62 bits per heavy atom. The highest BCUT2D eigenvalue weighted by Gasteiger charge is 2.18. The predicted octanol–water partition coefficient (Wildman–Crippen LogP) is 2.07. The first-order valence-corrected chi connectivity index (χ1v) is 6.50. The molecule has 1 heterocycles. The van der Waals surface area contributed by atoms with Crippen molar-refractivity contribution in [2.75, 3.05) is 6.61 Å². The third kappa shape index (κ3) is 6.60. The lowest BCUT2D eigenvalue weighted by atomic mass is 10.2. The van der Waals surface area contributed by atoms with Gasteiger partial charge in [0, 0.05) is 6.07 Å². The van der Waals surface area contributed by atoms with E-state index in [2.05, 4.69) is 10.3 Å². The number of amides is 1. The van der Waals surface area contributed by atoms with Crippen molar-refractivity contribution >= 4 is 12.1 Å². The van der Waals surface area contributed by atoms with Crippen LogP contribution >= 0.6 is 0 Å². The molecule has 0 saturated carbocycles. The molecule has 0 aliphatic carbocycles. The zero-order valence-electron chi connectivity index (χ0n) is 12.5. The van der Waals surface area contributed by atoms with E-state index in [4.69, 9.17) is 14.6 Å². The maximum atomic E-state index is 11.5. The summed E-state index contributed by atoms with van der Waals surface area (Å²) in [6, 6.07) is 4.15. The Morgan fingerprint density at radius 2 is 2.05 bits per heavy atom. The summed E-state index contributed by atoms with van der Waals surface area (Å²) in [6.45, 7) is 7.21. The van der Waals surface area contributed by atoms with Gasteiger partial charge in [0.25, 0.3) is 0 Å². The number of aromatic carboxylic acids is 1. The van der Waals surface area contributed by atoms with E-state index in [1.165, 1.54) is 12.1 Å². The van der Waals surface area contributed by atoms with E-state index in [0.29, 0.717) is 0 Å². The molecule has 0 spiro atoms. The lowest BCUT2D eigenvalue weighted by Gasteiger charge is -2.21. The molecular formula is C14H20N2O5. The predicted molar refractivity (Wildman–Crippen MR) is 75.5 cm³/mol. The van der Waals surface area contributed by atoms with Crippen molar-refractivity contribution in [3.8, 4) is 5.88 Å². The molecule has 1 aromatic rings. The van der Waals surface area contributed by atoms with Crippen LogP contribution in [0.1, 0.15) is 38.2 Å². The molecule has 0 radical (unpaired) electrons. The van der Waals surface area contributed by atoms with Crippen molar-refractivity contribution in [3.05, 3.63) is 23.9 Å². The quantitative estimate of drug-likeness (QED) is 0.863. The van der Waals surface area contributed by atoms with Crippen LogP contribution < -0.4 is 10.1 Å². The fourth-order valence-electron chi connectivity index (χ4n) is 1.38. The lowest BCUT2D eigenvalue weighted by molar-refractivity contribution is 0.0493. The van der Waals surface area contributed by atoms with Gasteiger partial charge in [-0.15, -0.1) is 0 Å². The minimum absolute atomic E-state index is 0.0970. The Bertz CT molecular complexity index is 510. The van der Waals surface area contributed by atoms with Crippen LogP contribution in [0.15, 0.2) is 18.2 Å². The average molecular weight is 296 g/mol. The molecular weight excluding hydrogens is 276 g/mol. The van der Waals surface area contributed by atoms with Crippen LogP contribution in [0.4, 0.5) is 4.79 Å². The van der Waals surface area contributed by atoms with Crippen LogP contribution in [0.3, 0.4) is 0 Å². The van der Waals surface area contributed by atoms with Crippen molar-refractivity contribution in [2.24, 2.45) is 0 Å². The molecule has 21 heavy (non-hydrogen) atoms. The normalized spacial score (nSPS) is 12.4. The van der Waals surface area contributed by atoms with E-state index >= 15 is 0 Å². The number of nitrogens with zero attached hydrogens (tertiary/aromatic N) is 1. The second kappa shape index (κ2) is 6.92. The Balaban J connectivity index is 2.46. The van der Waals surface area contributed by atoms with Crippen LogP contribution in [-0.4, -0.2) is 40.4 Å². The molecule has 0 saturated heterocycles. The zero-order chi connectivity index (χ0) is 16.0. The molecule has 1 rings (SSSR count). The third-order valence-corrected chi connectivity index (χ3v) is 2.19. The smallest absolute Gasteiger partial charge is 0.407 e. The topological polar surface area (TPSA) is 97.8 Å². The average Bonchev–Trinajstić information content (AvgIpc) is 2.34. The molecule has 0 aliphatic heterocycles. The number of hydrogen-bond acceptors (Lipinski definition) is 5. The van der Waals surface area contributed by atoms with Gasteiger partial charge >= 0.3 is 12.1 Å². The lowest BCUT2D eigenvalue weighted by Crippen LogP contribution is -2.40. The number of nitrogens with one attached hydrogen (secondary N) is 1. The Hall–Kier alpha value is -2.31. The van der Waals surface area contributed by atoms with Crippen LogP contribution in [0, 0.1) is 0 Å². The monoisotopic (exact) mass is 296 g/mol. The number of ether oxygens (including phenoxy) is 2. The molecule has 0 aromatic carbocycles. The molecule has 0 aliphatic rings. The molecule has 1 unspecified atom stereocenters. The van der Waals surface area contributed by atoms with E-state index in [1.54, 1.807) is 33.8 Å². The van der Waals surface area contributed by atoms with Crippen molar-refractivity contribution in [3.63, 3.8) is 0 Å². The number of carbonyl (C=O) groups is 2. The van der Waals surface area contributed by atoms with E-state index in [9.17, 15) is 9.59 Å². The van der Waals surface area contributed by atoms with Crippen molar-refractivity contribution in [2.45, 2.75) is 39.3 Å². The second-order valence-corrected chi connectivity index (χ2v) is 5.52. The van der Waals surface area contributed by atoms with Crippen molar-refractivity contribution in [1.29, 1.82) is 0 Å².